The van der Waals surface area contributed by atoms with Crippen LogP contribution in [0.15, 0.2) is 0 Å². The molecule has 3 atom stereocenters. The predicted molar refractivity (Wildman–Crippen MR) is 93.6 cm³/mol. The lowest BCUT2D eigenvalue weighted by atomic mass is 9.98. The Kier molecular flexibility index (Phi) is 7.04. The molecule has 2 saturated heterocycles. The second kappa shape index (κ2) is 8.81. The van der Waals surface area contributed by atoms with Crippen LogP contribution in [0.2, 0.25) is 0 Å². The monoisotopic (exact) mass is 339 g/mol. The number of nitrogens with one attached hydrogen (secondary N) is 1. The SMILES string of the molecule is CC(C)C[C@H](NC(=O)[C@H]1CCCOC1)C(=O)N1CC[C@H](N(C)C)C1. The zero-order valence-electron chi connectivity index (χ0n) is 15.6. The Labute approximate surface area is 145 Å². The van der Waals surface area contributed by atoms with Crippen LogP contribution in [0.25, 0.3) is 0 Å². The van der Waals surface area contributed by atoms with E-state index >= 15 is 0 Å². The standard InChI is InChI=1S/C18H33N3O3/c1-13(2)10-16(19-17(22)14-6-5-9-24-12-14)18(23)21-8-7-15(11-21)20(3)4/h13-16H,5-12H2,1-4H3,(H,19,22)/t14-,15-,16-/m0/s1. The molecule has 0 aliphatic carbocycles. The van der Waals surface area contributed by atoms with Gasteiger partial charge in [0.25, 0.3) is 0 Å². The highest BCUT2D eigenvalue weighted by atomic mass is 16.5. The molecular formula is C18H33N3O3. The highest BCUT2D eigenvalue weighted by Gasteiger charge is 2.34. The van der Waals surface area contributed by atoms with Gasteiger partial charge < -0.3 is 19.9 Å². The first-order valence-electron chi connectivity index (χ1n) is 9.21. The summed E-state index contributed by atoms with van der Waals surface area (Å²) in [7, 11) is 4.10. The first kappa shape index (κ1) is 19.2. The summed E-state index contributed by atoms with van der Waals surface area (Å²) in [6.45, 7) is 6.91. The van der Waals surface area contributed by atoms with Crippen LogP contribution in [0.4, 0.5) is 0 Å². The van der Waals surface area contributed by atoms with Crippen molar-refractivity contribution in [1.82, 2.24) is 15.1 Å². The average molecular weight is 339 g/mol. The van der Waals surface area contributed by atoms with Crippen LogP contribution < -0.4 is 5.32 Å². The summed E-state index contributed by atoms with van der Waals surface area (Å²) >= 11 is 0. The lowest BCUT2D eigenvalue weighted by Gasteiger charge is -2.28. The first-order chi connectivity index (χ1) is 11.4. The van der Waals surface area contributed by atoms with Gasteiger partial charge in [0.2, 0.25) is 11.8 Å². The number of ether oxygens (including phenoxy) is 1. The van der Waals surface area contributed by atoms with Gasteiger partial charge in [0.15, 0.2) is 0 Å². The molecule has 0 aromatic rings. The molecule has 2 fully saturated rings. The number of carbonyl (C=O) groups is 2. The van der Waals surface area contributed by atoms with Gasteiger partial charge in [-0.05, 0) is 45.7 Å². The molecule has 24 heavy (non-hydrogen) atoms. The van der Waals surface area contributed by atoms with E-state index in [1.54, 1.807) is 0 Å². The van der Waals surface area contributed by atoms with Crippen molar-refractivity contribution in [2.45, 2.75) is 51.6 Å². The predicted octanol–water partition coefficient (Wildman–Crippen LogP) is 1.11. The number of nitrogens with zero attached hydrogens (tertiary/aromatic N) is 2. The molecule has 2 amide bonds. The van der Waals surface area contributed by atoms with Crippen molar-refractivity contribution in [2.24, 2.45) is 11.8 Å². The van der Waals surface area contributed by atoms with Gasteiger partial charge in [-0.3, -0.25) is 9.59 Å². The summed E-state index contributed by atoms with van der Waals surface area (Å²) in [6.07, 6.45) is 3.44. The molecule has 0 unspecified atom stereocenters. The normalized spacial score (nSPS) is 26.0. The van der Waals surface area contributed by atoms with Gasteiger partial charge >= 0.3 is 0 Å². The van der Waals surface area contributed by atoms with Crippen molar-refractivity contribution in [1.29, 1.82) is 0 Å². The van der Waals surface area contributed by atoms with Gasteiger partial charge in [-0.25, -0.2) is 0 Å². The molecule has 0 spiro atoms. The van der Waals surface area contributed by atoms with Crippen molar-refractivity contribution in [2.75, 3.05) is 40.4 Å². The van der Waals surface area contributed by atoms with E-state index in [-0.39, 0.29) is 17.7 Å². The van der Waals surface area contributed by atoms with E-state index in [1.165, 1.54) is 0 Å². The Balaban J connectivity index is 1.96. The van der Waals surface area contributed by atoms with Gasteiger partial charge in [0.1, 0.15) is 6.04 Å². The Morgan fingerprint density at radius 1 is 1.29 bits per heavy atom. The zero-order chi connectivity index (χ0) is 17.7. The largest absolute Gasteiger partial charge is 0.381 e. The van der Waals surface area contributed by atoms with Gasteiger partial charge in [-0.2, -0.15) is 0 Å². The summed E-state index contributed by atoms with van der Waals surface area (Å²) in [5, 5.41) is 3.02. The second-order valence-electron chi connectivity index (χ2n) is 7.80. The molecule has 0 aromatic heterocycles. The first-order valence-corrected chi connectivity index (χ1v) is 9.21. The van der Waals surface area contributed by atoms with Crippen LogP contribution in [-0.2, 0) is 14.3 Å². The number of amides is 2. The summed E-state index contributed by atoms with van der Waals surface area (Å²) < 4.78 is 5.40. The van der Waals surface area contributed by atoms with Crippen LogP contribution in [0, 0.1) is 11.8 Å². The third-order valence-electron chi connectivity index (χ3n) is 5.06. The van der Waals surface area contributed by atoms with Crippen LogP contribution in [0.5, 0.6) is 0 Å². The van der Waals surface area contributed by atoms with Gasteiger partial charge in [-0.1, -0.05) is 13.8 Å². The summed E-state index contributed by atoms with van der Waals surface area (Å²) in [5.41, 5.74) is 0. The molecule has 6 nitrogen and oxygen atoms in total. The Morgan fingerprint density at radius 2 is 2.04 bits per heavy atom. The maximum Gasteiger partial charge on any atom is 0.245 e. The van der Waals surface area contributed by atoms with Crippen LogP contribution in [-0.4, -0.2) is 74.1 Å². The summed E-state index contributed by atoms with van der Waals surface area (Å²) in [6, 6.07) is -0.00330. The van der Waals surface area contributed by atoms with Crippen LogP contribution in [0.3, 0.4) is 0 Å². The van der Waals surface area contributed by atoms with Crippen molar-refractivity contribution >= 4 is 11.8 Å². The maximum absolute atomic E-state index is 12.9. The molecule has 0 saturated carbocycles. The molecule has 2 aliphatic rings. The molecule has 138 valence electrons. The fraction of sp³-hybridized carbons (Fsp3) is 0.889. The van der Waals surface area contributed by atoms with E-state index in [0.29, 0.717) is 25.0 Å². The maximum atomic E-state index is 12.9. The number of carbonyl (C=O) groups excluding carboxylic acids is 2. The molecule has 6 heteroatoms. The van der Waals surface area contributed by atoms with E-state index in [4.69, 9.17) is 4.74 Å². The molecule has 2 heterocycles. The highest BCUT2D eigenvalue weighted by molar-refractivity contribution is 5.88. The minimum Gasteiger partial charge on any atom is -0.381 e. The van der Waals surface area contributed by atoms with E-state index in [0.717, 1.165) is 39.0 Å². The lowest BCUT2D eigenvalue weighted by molar-refractivity contribution is -0.138. The third-order valence-corrected chi connectivity index (χ3v) is 5.06. The second-order valence-corrected chi connectivity index (χ2v) is 7.80. The fourth-order valence-electron chi connectivity index (χ4n) is 3.51. The van der Waals surface area contributed by atoms with Gasteiger partial charge in [-0.15, -0.1) is 0 Å². The van der Waals surface area contributed by atoms with E-state index < -0.39 is 6.04 Å². The molecule has 1 N–H and O–H groups in total. The van der Waals surface area contributed by atoms with E-state index in [1.807, 2.05) is 4.90 Å². The van der Waals surface area contributed by atoms with Crippen molar-refractivity contribution in [3.63, 3.8) is 0 Å². The van der Waals surface area contributed by atoms with Crippen molar-refractivity contribution in [3.05, 3.63) is 0 Å². The summed E-state index contributed by atoms with van der Waals surface area (Å²) in [4.78, 5) is 29.5. The van der Waals surface area contributed by atoms with Crippen LogP contribution >= 0.6 is 0 Å². The third kappa shape index (κ3) is 5.18. The van der Waals surface area contributed by atoms with Gasteiger partial charge in [0, 0.05) is 25.7 Å². The van der Waals surface area contributed by atoms with E-state index in [2.05, 4.69) is 38.2 Å². The Hall–Kier alpha value is -1.14. The minimum atomic E-state index is -0.416. The molecule has 0 radical (unpaired) electrons. The molecule has 2 rings (SSSR count). The minimum absolute atomic E-state index is 0.0305. The van der Waals surface area contributed by atoms with Crippen molar-refractivity contribution in [3.8, 4) is 0 Å². The average Bonchev–Trinajstić information content (AvgIpc) is 3.04. The topological polar surface area (TPSA) is 61.9 Å². The van der Waals surface area contributed by atoms with Crippen LogP contribution in [0.1, 0.15) is 39.5 Å². The molecule has 2 aliphatic heterocycles. The lowest BCUT2D eigenvalue weighted by Crippen LogP contribution is -2.51. The summed E-state index contributed by atoms with van der Waals surface area (Å²) in [5.74, 6) is 0.276. The number of hydrogen-bond donors (Lipinski definition) is 1. The molecular weight excluding hydrogens is 306 g/mol. The molecule has 0 bridgehead atoms. The molecule has 0 aromatic carbocycles. The highest BCUT2D eigenvalue weighted by Crippen LogP contribution is 2.18. The zero-order valence-corrected chi connectivity index (χ0v) is 15.6. The Morgan fingerprint density at radius 3 is 2.58 bits per heavy atom. The quantitative estimate of drug-likeness (QED) is 0.787. The Bertz CT molecular complexity index is 433. The van der Waals surface area contributed by atoms with Gasteiger partial charge in [0.05, 0.1) is 12.5 Å². The van der Waals surface area contributed by atoms with Crippen molar-refractivity contribution < 1.29 is 14.3 Å². The smallest absolute Gasteiger partial charge is 0.245 e. The number of hydrogen-bond acceptors (Lipinski definition) is 4. The number of likely N-dealkylation sites (N-methyl/N-ethyl adjacent to an activating group) is 1. The van der Waals surface area contributed by atoms with E-state index in [9.17, 15) is 9.59 Å². The number of likely N-dealkylation sites (tertiary alicyclic amines) is 1. The fourth-order valence-corrected chi connectivity index (χ4v) is 3.51. The number of rotatable bonds is 6.